The minimum atomic E-state index is -0.450. The molecule has 0 bridgehead atoms. The van der Waals surface area contributed by atoms with Crippen LogP contribution in [0.25, 0.3) is 6.08 Å². The first-order chi connectivity index (χ1) is 15.9. The molecular formula is C26H19Br2N3O2. The molecule has 0 aliphatic carbocycles. The van der Waals surface area contributed by atoms with E-state index in [4.69, 9.17) is 4.74 Å². The molecule has 1 atom stereocenters. The number of benzene rings is 3. The summed E-state index contributed by atoms with van der Waals surface area (Å²) < 4.78 is 7.21. The molecule has 0 radical (unpaired) electrons. The van der Waals surface area contributed by atoms with Gasteiger partial charge in [0.2, 0.25) is 0 Å². The van der Waals surface area contributed by atoms with Crippen LogP contribution in [0.4, 0.5) is 0 Å². The van der Waals surface area contributed by atoms with Gasteiger partial charge in [-0.05, 0) is 74.2 Å². The third kappa shape index (κ3) is 6.32. The van der Waals surface area contributed by atoms with Gasteiger partial charge in [-0.25, -0.2) is 0 Å². The van der Waals surface area contributed by atoms with Crippen molar-refractivity contribution in [1.82, 2.24) is 5.32 Å². The third-order valence-corrected chi connectivity index (χ3v) is 6.03. The van der Waals surface area contributed by atoms with Crippen LogP contribution < -0.4 is 10.1 Å². The van der Waals surface area contributed by atoms with Gasteiger partial charge < -0.3 is 10.1 Å². The molecule has 0 aliphatic heterocycles. The molecule has 3 rings (SSSR count). The highest BCUT2D eigenvalue weighted by molar-refractivity contribution is 9.11. The van der Waals surface area contributed by atoms with Gasteiger partial charge in [-0.15, -0.1) is 0 Å². The van der Waals surface area contributed by atoms with Crippen molar-refractivity contribution in [3.63, 3.8) is 0 Å². The fourth-order valence-corrected chi connectivity index (χ4v) is 4.57. The molecule has 164 valence electrons. The molecule has 5 nitrogen and oxygen atoms in total. The molecule has 1 amide bonds. The van der Waals surface area contributed by atoms with Crippen molar-refractivity contribution in [1.29, 1.82) is 10.5 Å². The van der Waals surface area contributed by atoms with Crippen molar-refractivity contribution in [2.24, 2.45) is 0 Å². The van der Waals surface area contributed by atoms with Gasteiger partial charge in [0.15, 0.2) is 0 Å². The number of rotatable bonds is 7. The second kappa shape index (κ2) is 11.5. The molecule has 3 aromatic carbocycles. The molecule has 0 aliphatic rings. The van der Waals surface area contributed by atoms with Crippen molar-refractivity contribution < 1.29 is 9.53 Å². The smallest absolute Gasteiger partial charge is 0.262 e. The number of hydrogen-bond acceptors (Lipinski definition) is 4. The maximum atomic E-state index is 12.6. The van der Waals surface area contributed by atoms with Gasteiger partial charge in [0.05, 0.1) is 26.6 Å². The number of halogens is 2. The Balaban J connectivity index is 1.76. The lowest BCUT2D eigenvalue weighted by molar-refractivity contribution is -0.117. The molecule has 0 saturated carbocycles. The largest absolute Gasteiger partial charge is 0.486 e. The van der Waals surface area contributed by atoms with Gasteiger partial charge in [-0.1, -0.05) is 48.5 Å². The standard InChI is InChI=1S/C26H19Br2N3O2/c1-17(19-7-3-2-4-8-19)31-26(32)22(15-30)11-18-12-23(27)25(24(28)13-18)33-16-21-10-6-5-9-20(21)14-29/h2-13,17H,16H2,1H3,(H,31,32)/b22-11-/t17-/m1/s1. The Kier molecular flexibility index (Phi) is 8.43. The summed E-state index contributed by atoms with van der Waals surface area (Å²) in [5, 5.41) is 21.6. The van der Waals surface area contributed by atoms with Crippen molar-refractivity contribution in [2.75, 3.05) is 0 Å². The molecular weight excluding hydrogens is 546 g/mol. The maximum Gasteiger partial charge on any atom is 0.262 e. The lowest BCUT2D eigenvalue weighted by atomic mass is 10.1. The molecule has 0 aromatic heterocycles. The molecule has 0 unspecified atom stereocenters. The van der Waals surface area contributed by atoms with Gasteiger partial charge in [0.25, 0.3) is 5.91 Å². The number of nitriles is 2. The Morgan fingerprint density at radius 3 is 2.33 bits per heavy atom. The number of nitrogens with one attached hydrogen (secondary N) is 1. The number of carbonyl (C=O) groups excluding carboxylic acids is 1. The zero-order chi connectivity index (χ0) is 23.8. The minimum Gasteiger partial charge on any atom is -0.486 e. The summed E-state index contributed by atoms with van der Waals surface area (Å²) in [6.45, 7) is 2.09. The van der Waals surface area contributed by atoms with Crippen LogP contribution in [0.1, 0.15) is 35.2 Å². The zero-order valence-electron chi connectivity index (χ0n) is 17.7. The lowest BCUT2D eigenvalue weighted by Gasteiger charge is -2.14. The summed E-state index contributed by atoms with van der Waals surface area (Å²) in [7, 11) is 0. The lowest BCUT2D eigenvalue weighted by Crippen LogP contribution is -2.27. The Morgan fingerprint density at radius 1 is 1.06 bits per heavy atom. The quantitative estimate of drug-likeness (QED) is 0.264. The monoisotopic (exact) mass is 563 g/mol. The highest BCUT2D eigenvalue weighted by atomic mass is 79.9. The van der Waals surface area contributed by atoms with Gasteiger partial charge in [0.1, 0.15) is 24.0 Å². The highest BCUT2D eigenvalue weighted by Gasteiger charge is 2.15. The summed E-state index contributed by atoms with van der Waals surface area (Å²) >= 11 is 6.99. The normalized spacial score (nSPS) is 11.7. The summed E-state index contributed by atoms with van der Waals surface area (Å²) in [5.74, 6) is 0.107. The Hall–Kier alpha value is -3.39. The molecule has 7 heteroatoms. The van der Waals surface area contributed by atoms with Gasteiger partial charge in [0, 0.05) is 5.56 Å². The van der Waals surface area contributed by atoms with E-state index in [0.717, 1.165) is 11.1 Å². The predicted octanol–water partition coefficient (Wildman–Crippen LogP) is 6.45. The van der Waals surface area contributed by atoms with Crippen molar-refractivity contribution in [3.8, 4) is 17.9 Å². The maximum absolute atomic E-state index is 12.6. The number of nitrogens with zero attached hydrogens (tertiary/aromatic N) is 2. The van der Waals surface area contributed by atoms with Crippen LogP contribution >= 0.6 is 31.9 Å². The topological polar surface area (TPSA) is 85.9 Å². The van der Waals surface area contributed by atoms with E-state index in [1.165, 1.54) is 6.08 Å². The van der Waals surface area contributed by atoms with E-state index in [2.05, 4.69) is 43.2 Å². The fourth-order valence-electron chi connectivity index (χ4n) is 3.12. The fraction of sp³-hybridized carbons (Fsp3) is 0.115. The first-order valence-corrected chi connectivity index (χ1v) is 11.6. The summed E-state index contributed by atoms with van der Waals surface area (Å²) in [6, 6.07) is 24.2. The van der Waals surface area contributed by atoms with Crippen LogP contribution in [-0.4, -0.2) is 5.91 Å². The minimum absolute atomic E-state index is 0.00630. The summed E-state index contributed by atoms with van der Waals surface area (Å²) in [5.41, 5.74) is 2.93. The number of carbonyl (C=O) groups is 1. The van der Waals surface area contributed by atoms with Crippen LogP contribution in [0.5, 0.6) is 5.75 Å². The van der Waals surface area contributed by atoms with Gasteiger partial charge in [-0.3, -0.25) is 4.79 Å². The Morgan fingerprint density at radius 2 is 1.70 bits per heavy atom. The van der Waals surface area contributed by atoms with E-state index < -0.39 is 5.91 Å². The van der Waals surface area contributed by atoms with E-state index in [0.29, 0.717) is 25.8 Å². The van der Waals surface area contributed by atoms with E-state index in [1.54, 1.807) is 24.3 Å². The molecule has 0 spiro atoms. The second-order valence-corrected chi connectivity index (χ2v) is 8.86. The Bertz CT molecular complexity index is 1250. The first-order valence-electron chi connectivity index (χ1n) is 10.0. The molecule has 0 fully saturated rings. The molecule has 3 aromatic rings. The molecule has 33 heavy (non-hydrogen) atoms. The zero-order valence-corrected chi connectivity index (χ0v) is 20.9. The van der Waals surface area contributed by atoms with Crippen LogP contribution in [0, 0.1) is 22.7 Å². The van der Waals surface area contributed by atoms with Gasteiger partial charge >= 0.3 is 0 Å². The van der Waals surface area contributed by atoms with Gasteiger partial charge in [-0.2, -0.15) is 10.5 Å². The van der Waals surface area contributed by atoms with Crippen LogP contribution in [0.15, 0.2) is 81.2 Å². The van der Waals surface area contributed by atoms with Crippen LogP contribution in [0.3, 0.4) is 0 Å². The SMILES string of the molecule is C[C@@H](NC(=O)/C(C#N)=C\c1cc(Br)c(OCc2ccccc2C#N)c(Br)c1)c1ccccc1. The summed E-state index contributed by atoms with van der Waals surface area (Å²) in [6.07, 6.45) is 1.53. The van der Waals surface area contributed by atoms with Crippen LogP contribution in [0.2, 0.25) is 0 Å². The van der Waals surface area contributed by atoms with E-state index in [9.17, 15) is 15.3 Å². The predicted molar refractivity (Wildman–Crippen MR) is 134 cm³/mol. The highest BCUT2D eigenvalue weighted by Crippen LogP contribution is 2.36. The van der Waals surface area contributed by atoms with Crippen molar-refractivity contribution >= 4 is 43.8 Å². The average molecular weight is 565 g/mol. The van der Waals surface area contributed by atoms with Crippen LogP contribution in [-0.2, 0) is 11.4 Å². The van der Waals surface area contributed by atoms with Crippen molar-refractivity contribution in [2.45, 2.75) is 19.6 Å². The summed E-state index contributed by atoms with van der Waals surface area (Å²) in [4.78, 5) is 12.6. The van der Waals surface area contributed by atoms with Crippen molar-refractivity contribution in [3.05, 3.63) is 104 Å². The Labute approximate surface area is 209 Å². The third-order valence-electron chi connectivity index (χ3n) is 4.85. The molecule has 1 N–H and O–H groups in total. The van der Waals surface area contributed by atoms with E-state index >= 15 is 0 Å². The number of amides is 1. The molecule has 0 saturated heterocycles. The molecule has 0 heterocycles. The van der Waals surface area contributed by atoms with E-state index in [-0.39, 0.29) is 18.2 Å². The number of hydrogen-bond donors (Lipinski definition) is 1. The van der Waals surface area contributed by atoms with E-state index in [1.807, 2.05) is 55.5 Å². The average Bonchev–Trinajstić information content (AvgIpc) is 2.82. The number of ether oxygens (including phenoxy) is 1. The first kappa shape index (κ1) is 24.3. The second-order valence-electron chi connectivity index (χ2n) is 7.15.